The topological polar surface area (TPSA) is 75.6 Å². The van der Waals surface area contributed by atoms with Crippen molar-refractivity contribution in [3.8, 4) is 0 Å². The Bertz CT molecular complexity index is 228. The number of carboxylic acids is 1. The molecule has 1 amide bonds. The Morgan fingerprint density at radius 2 is 1.94 bits per heavy atom. The van der Waals surface area contributed by atoms with E-state index in [2.05, 4.69) is 23.9 Å². The van der Waals surface area contributed by atoms with Gasteiger partial charge in [-0.1, -0.05) is 13.8 Å². The molecule has 5 nitrogen and oxygen atoms in total. The molecular formula is C11H21NO4. The largest absolute Gasteiger partial charge is 0.481 e. The number of carbonyl (C=O) groups excluding carboxylic acids is 1. The normalized spacial score (nSPS) is 12.2. The molecule has 94 valence electrons. The second-order valence-electron chi connectivity index (χ2n) is 4.14. The van der Waals surface area contributed by atoms with Crippen molar-refractivity contribution in [3.05, 3.63) is 0 Å². The molecule has 5 heteroatoms. The molecule has 16 heavy (non-hydrogen) atoms. The first-order chi connectivity index (χ1) is 7.47. The van der Waals surface area contributed by atoms with E-state index < -0.39 is 12.1 Å². The fourth-order valence-electron chi connectivity index (χ4n) is 1.55. The molecule has 0 rings (SSSR count). The zero-order chi connectivity index (χ0) is 12.6. The summed E-state index contributed by atoms with van der Waals surface area (Å²) in [7, 11) is 1.32. The van der Waals surface area contributed by atoms with E-state index in [0.29, 0.717) is 24.8 Å². The van der Waals surface area contributed by atoms with Gasteiger partial charge in [0.1, 0.15) is 0 Å². The van der Waals surface area contributed by atoms with Crippen molar-refractivity contribution >= 4 is 12.1 Å². The van der Waals surface area contributed by atoms with Gasteiger partial charge in [-0.2, -0.15) is 0 Å². The highest BCUT2D eigenvalue weighted by Crippen LogP contribution is 2.20. The summed E-state index contributed by atoms with van der Waals surface area (Å²) in [6, 6.07) is 0. The number of alkyl carbamates (subject to hydrolysis) is 1. The number of carboxylic acid groups (broad SMARTS) is 1. The molecule has 0 heterocycles. The fourth-order valence-corrected chi connectivity index (χ4v) is 1.55. The van der Waals surface area contributed by atoms with Crippen LogP contribution in [-0.2, 0) is 9.53 Å². The van der Waals surface area contributed by atoms with Gasteiger partial charge in [0, 0.05) is 13.0 Å². The van der Waals surface area contributed by atoms with Gasteiger partial charge >= 0.3 is 12.1 Å². The molecule has 0 aromatic carbocycles. The average Bonchev–Trinajstić information content (AvgIpc) is 2.21. The van der Waals surface area contributed by atoms with E-state index in [-0.39, 0.29) is 6.42 Å². The van der Waals surface area contributed by atoms with E-state index in [9.17, 15) is 9.59 Å². The van der Waals surface area contributed by atoms with Gasteiger partial charge in [0.05, 0.1) is 7.11 Å². The highest BCUT2D eigenvalue weighted by Gasteiger charge is 2.15. The molecule has 0 aliphatic heterocycles. The summed E-state index contributed by atoms with van der Waals surface area (Å²) in [5.74, 6) is -0.0429. The first-order valence-corrected chi connectivity index (χ1v) is 5.51. The molecule has 0 aromatic rings. The Kier molecular flexibility index (Phi) is 7.33. The number of carbonyl (C=O) groups is 2. The molecule has 2 N–H and O–H groups in total. The van der Waals surface area contributed by atoms with Crippen LogP contribution in [0.5, 0.6) is 0 Å². The van der Waals surface area contributed by atoms with E-state index >= 15 is 0 Å². The number of nitrogens with one attached hydrogen (secondary N) is 1. The van der Waals surface area contributed by atoms with Gasteiger partial charge in [-0.15, -0.1) is 0 Å². The van der Waals surface area contributed by atoms with Gasteiger partial charge in [0.15, 0.2) is 0 Å². The van der Waals surface area contributed by atoms with Gasteiger partial charge in [0.25, 0.3) is 0 Å². The molecule has 0 saturated heterocycles. The number of methoxy groups -OCH3 is 1. The molecule has 1 unspecified atom stereocenters. The van der Waals surface area contributed by atoms with E-state index in [1.165, 1.54) is 7.11 Å². The lowest BCUT2D eigenvalue weighted by molar-refractivity contribution is -0.137. The third-order valence-corrected chi connectivity index (χ3v) is 2.64. The van der Waals surface area contributed by atoms with Crippen molar-refractivity contribution in [2.75, 3.05) is 13.7 Å². The Hall–Kier alpha value is -1.26. The van der Waals surface area contributed by atoms with Crippen LogP contribution in [0.15, 0.2) is 0 Å². The fraction of sp³-hybridized carbons (Fsp3) is 0.818. The third kappa shape index (κ3) is 7.09. The second kappa shape index (κ2) is 7.96. The van der Waals surface area contributed by atoms with Crippen LogP contribution in [0.1, 0.15) is 33.1 Å². The third-order valence-electron chi connectivity index (χ3n) is 2.64. The number of aliphatic carboxylic acids is 1. The summed E-state index contributed by atoms with van der Waals surface area (Å²) in [5.41, 5.74) is 0. The van der Waals surface area contributed by atoms with Gasteiger partial charge < -0.3 is 15.2 Å². The summed E-state index contributed by atoms with van der Waals surface area (Å²) < 4.78 is 4.45. The molecule has 0 bridgehead atoms. The van der Waals surface area contributed by atoms with E-state index in [1.54, 1.807) is 0 Å². The Balaban J connectivity index is 3.85. The molecular weight excluding hydrogens is 210 g/mol. The molecule has 0 aliphatic carbocycles. The van der Waals surface area contributed by atoms with Crippen molar-refractivity contribution in [1.29, 1.82) is 0 Å². The van der Waals surface area contributed by atoms with E-state index in [0.717, 1.165) is 6.42 Å². The summed E-state index contributed by atoms with van der Waals surface area (Å²) in [4.78, 5) is 21.3. The Labute approximate surface area is 96.2 Å². The van der Waals surface area contributed by atoms with Gasteiger partial charge in [-0.3, -0.25) is 4.79 Å². The van der Waals surface area contributed by atoms with Gasteiger partial charge in [0.2, 0.25) is 0 Å². The lowest BCUT2D eigenvalue weighted by Crippen LogP contribution is -2.26. The molecule has 0 radical (unpaired) electrons. The van der Waals surface area contributed by atoms with Crippen molar-refractivity contribution < 1.29 is 19.4 Å². The number of rotatable bonds is 7. The van der Waals surface area contributed by atoms with E-state index in [1.807, 2.05) is 0 Å². The number of hydrogen-bond acceptors (Lipinski definition) is 3. The smallest absolute Gasteiger partial charge is 0.406 e. The predicted molar refractivity (Wildman–Crippen MR) is 60.2 cm³/mol. The van der Waals surface area contributed by atoms with Crippen molar-refractivity contribution in [2.45, 2.75) is 33.1 Å². The van der Waals surface area contributed by atoms with Crippen LogP contribution >= 0.6 is 0 Å². The summed E-state index contributed by atoms with van der Waals surface area (Å²) in [5, 5.41) is 11.2. The second-order valence-corrected chi connectivity index (χ2v) is 4.14. The van der Waals surface area contributed by atoms with Crippen molar-refractivity contribution in [2.24, 2.45) is 11.8 Å². The molecule has 0 aliphatic rings. The number of amides is 1. The molecule has 1 atom stereocenters. The van der Waals surface area contributed by atoms with Crippen LogP contribution in [0, 0.1) is 11.8 Å². The average molecular weight is 231 g/mol. The first kappa shape index (κ1) is 14.7. The minimum Gasteiger partial charge on any atom is -0.481 e. The Morgan fingerprint density at radius 3 is 2.38 bits per heavy atom. The monoisotopic (exact) mass is 231 g/mol. The summed E-state index contributed by atoms with van der Waals surface area (Å²) in [6.07, 6.45) is 1.16. The maximum atomic E-state index is 10.8. The van der Waals surface area contributed by atoms with Gasteiger partial charge in [-0.25, -0.2) is 4.79 Å². The minimum absolute atomic E-state index is 0.182. The number of ether oxygens (including phenoxy) is 1. The number of hydrogen-bond donors (Lipinski definition) is 2. The standard InChI is InChI=1S/C11H21NO4/c1-8(2)9(4-5-10(13)14)6-7-12-11(15)16-3/h8-9H,4-7H2,1-3H3,(H,12,15)(H,13,14). The van der Waals surface area contributed by atoms with Crippen molar-refractivity contribution in [3.63, 3.8) is 0 Å². The lowest BCUT2D eigenvalue weighted by Gasteiger charge is -2.19. The predicted octanol–water partition coefficient (Wildman–Crippen LogP) is 1.87. The van der Waals surface area contributed by atoms with Crippen LogP contribution in [0.2, 0.25) is 0 Å². The highest BCUT2D eigenvalue weighted by molar-refractivity contribution is 5.67. The lowest BCUT2D eigenvalue weighted by atomic mass is 9.88. The molecule has 0 fully saturated rings. The maximum absolute atomic E-state index is 10.8. The summed E-state index contributed by atoms with van der Waals surface area (Å²) in [6.45, 7) is 4.64. The zero-order valence-corrected chi connectivity index (χ0v) is 10.2. The van der Waals surface area contributed by atoms with Crippen LogP contribution in [0.25, 0.3) is 0 Å². The quantitative estimate of drug-likeness (QED) is 0.701. The first-order valence-electron chi connectivity index (χ1n) is 5.51. The summed E-state index contributed by atoms with van der Waals surface area (Å²) >= 11 is 0. The molecule has 0 saturated carbocycles. The van der Waals surface area contributed by atoms with Crippen molar-refractivity contribution in [1.82, 2.24) is 5.32 Å². The van der Waals surface area contributed by atoms with Crippen LogP contribution < -0.4 is 5.32 Å². The minimum atomic E-state index is -0.772. The van der Waals surface area contributed by atoms with Gasteiger partial charge in [-0.05, 0) is 24.7 Å². The maximum Gasteiger partial charge on any atom is 0.406 e. The SMILES string of the molecule is COC(=O)NCCC(CCC(=O)O)C(C)C. The highest BCUT2D eigenvalue weighted by atomic mass is 16.5. The van der Waals surface area contributed by atoms with Crippen LogP contribution in [0.4, 0.5) is 4.79 Å². The molecule has 0 aromatic heterocycles. The van der Waals surface area contributed by atoms with Crippen LogP contribution in [-0.4, -0.2) is 30.8 Å². The zero-order valence-electron chi connectivity index (χ0n) is 10.2. The molecule has 0 spiro atoms. The Morgan fingerprint density at radius 1 is 1.31 bits per heavy atom. The van der Waals surface area contributed by atoms with Crippen LogP contribution in [0.3, 0.4) is 0 Å². The van der Waals surface area contributed by atoms with E-state index in [4.69, 9.17) is 5.11 Å².